The summed E-state index contributed by atoms with van der Waals surface area (Å²) < 4.78 is 5.71. The van der Waals surface area contributed by atoms with Crippen LogP contribution in [0, 0.1) is 5.92 Å². The summed E-state index contributed by atoms with van der Waals surface area (Å²) >= 11 is 6.26. The second kappa shape index (κ2) is 9.32. The molecule has 2 amide bonds. The van der Waals surface area contributed by atoms with Crippen LogP contribution in [-0.4, -0.2) is 48.6 Å². The summed E-state index contributed by atoms with van der Waals surface area (Å²) in [5.41, 5.74) is 1.42. The molecule has 158 valence electrons. The van der Waals surface area contributed by atoms with Gasteiger partial charge in [0, 0.05) is 13.6 Å². The summed E-state index contributed by atoms with van der Waals surface area (Å²) in [5, 5.41) is 9.67. The first kappa shape index (κ1) is 21.9. The Morgan fingerprint density at radius 1 is 1.07 bits per heavy atom. The smallest absolute Gasteiger partial charge is 0.282 e. The summed E-state index contributed by atoms with van der Waals surface area (Å²) in [4.78, 5) is 29.3. The number of ether oxygens (including phenoxy) is 1. The highest BCUT2D eigenvalue weighted by molar-refractivity contribution is 6.47. The Balaban J connectivity index is 2.02. The number of halogens is 1. The van der Waals surface area contributed by atoms with E-state index in [1.807, 2.05) is 0 Å². The van der Waals surface area contributed by atoms with Gasteiger partial charge in [0.05, 0.1) is 29.5 Å². The van der Waals surface area contributed by atoms with Crippen molar-refractivity contribution in [2.24, 2.45) is 5.92 Å². The van der Waals surface area contributed by atoms with Gasteiger partial charge in [-0.3, -0.25) is 9.59 Å². The Labute approximate surface area is 181 Å². The number of anilines is 1. The van der Waals surface area contributed by atoms with Crippen LogP contribution in [0.25, 0.3) is 5.57 Å². The molecule has 3 rings (SSSR count). The van der Waals surface area contributed by atoms with E-state index in [2.05, 4.69) is 13.8 Å². The monoisotopic (exact) mass is 428 g/mol. The molecule has 30 heavy (non-hydrogen) atoms. The molecule has 0 radical (unpaired) electrons. The molecule has 1 aliphatic heterocycles. The number of carbonyl (C=O) groups excluding carboxylic acids is 2. The number of rotatable bonds is 8. The third kappa shape index (κ3) is 4.35. The van der Waals surface area contributed by atoms with Gasteiger partial charge in [-0.2, -0.15) is 0 Å². The first-order valence-corrected chi connectivity index (χ1v) is 10.2. The molecule has 0 aliphatic carbocycles. The van der Waals surface area contributed by atoms with Crippen LogP contribution in [0.4, 0.5) is 5.69 Å². The number of nitrogens with zero attached hydrogens (tertiary/aromatic N) is 2. The predicted molar refractivity (Wildman–Crippen MR) is 117 cm³/mol. The number of hydrogen-bond acceptors (Lipinski definition) is 5. The molecule has 0 saturated heterocycles. The Kier molecular flexibility index (Phi) is 6.80. The van der Waals surface area contributed by atoms with Gasteiger partial charge in [0.15, 0.2) is 0 Å². The summed E-state index contributed by atoms with van der Waals surface area (Å²) in [7, 11) is 1.67. The van der Waals surface area contributed by atoms with Crippen molar-refractivity contribution in [1.29, 1.82) is 0 Å². The minimum absolute atomic E-state index is 0.150. The van der Waals surface area contributed by atoms with E-state index in [9.17, 15) is 14.7 Å². The van der Waals surface area contributed by atoms with Crippen LogP contribution in [0.2, 0.25) is 5.02 Å². The van der Waals surface area contributed by atoms with E-state index in [1.54, 1.807) is 60.5 Å². The molecule has 6 nitrogen and oxygen atoms in total. The highest BCUT2D eigenvalue weighted by Crippen LogP contribution is 2.37. The van der Waals surface area contributed by atoms with Crippen molar-refractivity contribution in [3.63, 3.8) is 0 Å². The second-order valence-corrected chi connectivity index (χ2v) is 7.90. The maximum Gasteiger partial charge on any atom is 0.282 e. The number of aliphatic hydroxyl groups is 1. The Morgan fingerprint density at radius 2 is 1.73 bits per heavy atom. The molecule has 0 saturated carbocycles. The van der Waals surface area contributed by atoms with Gasteiger partial charge in [0.2, 0.25) is 0 Å². The minimum atomic E-state index is -0.473. The first-order valence-electron chi connectivity index (χ1n) is 9.78. The van der Waals surface area contributed by atoms with Gasteiger partial charge in [-0.15, -0.1) is 0 Å². The van der Waals surface area contributed by atoms with Crippen molar-refractivity contribution in [1.82, 2.24) is 4.90 Å². The molecule has 0 fully saturated rings. The van der Waals surface area contributed by atoms with Crippen molar-refractivity contribution in [2.75, 3.05) is 31.7 Å². The van der Waals surface area contributed by atoms with E-state index >= 15 is 0 Å². The van der Waals surface area contributed by atoms with Gasteiger partial charge in [0.1, 0.15) is 11.4 Å². The second-order valence-electron chi connectivity index (χ2n) is 7.50. The van der Waals surface area contributed by atoms with Gasteiger partial charge >= 0.3 is 0 Å². The zero-order valence-electron chi connectivity index (χ0n) is 17.3. The van der Waals surface area contributed by atoms with E-state index in [4.69, 9.17) is 16.3 Å². The van der Waals surface area contributed by atoms with Crippen LogP contribution in [-0.2, 0) is 9.59 Å². The van der Waals surface area contributed by atoms with Gasteiger partial charge in [-0.1, -0.05) is 49.7 Å². The molecule has 1 N–H and O–H groups in total. The molecule has 1 aliphatic rings. The van der Waals surface area contributed by atoms with E-state index < -0.39 is 11.8 Å². The van der Waals surface area contributed by atoms with Crippen LogP contribution in [0.3, 0.4) is 0 Å². The van der Waals surface area contributed by atoms with Crippen molar-refractivity contribution in [3.05, 3.63) is 64.8 Å². The number of para-hydroxylation sites is 1. The zero-order chi connectivity index (χ0) is 21.8. The lowest BCUT2D eigenvalue weighted by Gasteiger charge is -2.20. The maximum absolute atomic E-state index is 13.4. The topological polar surface area (TPSA) is 70.1 Å². The molecule has 0 unspecified atom stereocenters. The van der Waals surface area contributed by atoms with Gasteiger partial charge in [0.25, 0.3) is 11.8 Å². The fraction of sp³-hybridized carbons (Fsp3) is 0.304. The molecule has 1 heterocycles. The van der Waals surface area contributed by atoms with Crippen LogP contribution < -0.4 is 9.64 Å². The summed E-state index contributed by atoms with van der Waals surface area (Å²) in [6, 6.07) is 13.8. The molecular formula is C23H25ClN2O4. The number of likely N-dealkylation sites (N-methyl/N-ethyl adjacent to an activating group) is 1. The Hall–Kier alpha value is -2.83. The highest BCUT2D eigenvalue weighted by Gasteiger charge is 2.42. The molecule has 7 heteroatoms. The molecular weight excluding hydrogens is 404 g/mol. The lowest BCUT2D eigenvalue weighted by atomic mass is 10.0. The van der Waals surface area contributed by atoms with Gasteiger partial charge in [-0.05, 0) is 35.7 Å². The molecule has 2 aromatic rings. The Morgan fingerprint density at radius 3 is 2.33 bits per heavy atom. The average Bonchev–Trinajstić information content (AvgIpc) is 2.98. The van der Waals surface area contributed by atoms with Crippen molar-refractivity contribution >= 4 is 34.7 Å². The number of hydrogen-bond donors (Lipinski definition) is 1. The van der Waals surface area contributed by atoms with Crippen LogP contribution in [0.1, 0.15) is 19.4 Å². The van der Waals surface area contributed by atoms with E-state index in [-0.39, 0.29) is 24.4 Å². The fourth-order valence-electron chi connectivity index (χ4n) is 3.23. The normalized spacial score (nSPS) is 14.1. The van der Waals surface area contributed by atoms with Crippen molar-refractivity contribution in [2.45, 2.75) is 13.8 Å². The van der Waals surface area contributed by atoms with E-state index in [1.165, 1.54) is 0 Å². The summed E-state index contributed by atoms with van der Waals surface area (Å²) in [5.74, 6) is 0.158. The molecule has 0 bridgehead atoms. The Bertz CT molecular complexity index is 969. The van der Waals surface area contributed by atoms with Crippen LogP contribution in [0.15, 0.2) is 54.2 Å². The minimum Gasteiger partial charge on any atom is -0.493 e. The number of aliphatic hydroxyl groups excluding tert-OH is 1. The van der Waals surface area contributed by atoms with Crippen LogP contribution in [0.5, 0.6) is 5.75 Å². The van der Waals surface area contributed by atoms with Gasteiger partial charge in [-0.25, -0.2) is 4.90 Å². The molecule has 2 aromatic carbocycles. The largest absolute Gasteiger partial charge is 0.493 e. The lowest BCUT2D eigenvalue weighted by molar-refractivity contribution is -0.120. The third-order valence-electron chi connectivity index (χ3n) is 4.70. The van der Waals surface area contributed by atoms with Crippen molar-refractivity contribution in [3.8, 4) is 5.75 Å². The summed E-state index contributed by atoms with van der Waals surface area (Å²) in [6.07, 6.45) is 0. The molecule has 0 aromatic heterocycles. The zero-order valence-corrected chi connectivity index (χ0v) is 18.0. The number of amides is 2. The SMILES string of the molecule is CC(C)COc1ccc(C2=C(N(C)CCO)C(=O)N(c3ccccc3Cl)C2=O)cc1. The van der Waals surface area contributed by atoms with Crippen molar-refractivity contribution < 1.29 is 19.4 Å². The van der Waals surface area contributed by atoms with E-state index in [0.717, 1.165) is 4.90 Å². The number of carbonyl (C=O) groups is 2. The van der Waals surface area contributed by atoms with Gasteiger partial charge < -0.3 is 14.7 Å². The number of imide groups is 1. The van der Waals surface area contributed by atoms with E-state index in [0.29, 0.717) is 34.5 Å². The standard InChI is InChI=1S/C23H25ClN2O4/c1-15(2)14-30-17-10-8-16(9-11-17)20-21(25(3)12-13-27)23(29)26(22(20)28)19-7-5-4-6-18(19)24/h4-11,15,27H,12-14H2,1-3H3. The average molecular weight is 429 g/mol. The lowest BCUT2D eigenvalue weighted by Crippen LogP contribution is -2.35. The number of benzene rings is 2. The summed E-state index contributed by atoms with van der Waals surface area (Å²) in [6.45, 7) is 4.78. The third-order valence-corrected chi connectivity index (χ3v) is 5.02. The fourth-order valence-corrected chi connectivity index (χ4v) is 3.45. The molecule has 0 spiro atoms. The maximum atomic E-state index is 13.4. The van der Waals surface area contributed by atoms with Crippen LogP contribution >= 0.6 is 11.6 Å². The predicted octanol–water partition coefficient (Wildman–Crippen LogP) is 3.58. The highest BCUT2D eigenvalue weighted by atomic mass is 35.5. The quantitative estimate of drug-likeness (QED) is 0.651. The molecule has 0 atom stereocenters. The first-order chi connectivity index (χ1) is 14.3.